The zero-order chi connectivity index (χ0) is 15.9. The van der Waals surface area contributed by atoms with Crippen LogP contribution in [0.3, 0.4) is 0 Å². The highest BCUT2D eigenvalue weighted by Crippen LogP contribution is 2.27. The van der Waals surface area contributed by atoms with Gasteiger partial charge in [0.15, 0.2) is 0 Å². The molecule has 0 fully saturated rings. The lowest BCUT2D eigenvalue weighted by Crippen LogP contribution is -2.27. The topological polar surface area (TPSA) is 50.4 Å². The molecule has 2 N–H and O–H groups in total. The second-order valence-electron chi connectivity index (χ2n) is 4.62. The molecule has 0 bridgehead atoms. The van der Waals surface area contributed by atoms with E-state index < -0.39 is 0 Å². The van der Waals surface area contributed by atoms with Gasteiger partial charge in [0.05, 0.1) is 19.3 Å². The van der Waals surface area contributed by atoms with Gasteiger partial charge < -0.3 is 15.4 Å². The van der Waals surface area contributed by atoms with E-state index in [1.165, 1.54) is 19.2 Å². The summed E-state index contributed by atoms with van der Waals surface area (Å²) in [7, 11) is 1.52. The standard InChI is InChI=1S/C16H16ClFN2O2/c1-22-15-7-4-12(17)8-14(15)20-16(21)10-19-9-11-2-5-13(18)6-3-11/h2-8,19H,9-10H2,1H3,(H,20,21). The van der Waals surface area contributed by atoms with Crippen LogP contribution in [-0.4, -0.2) is 19.6 Å². The third kappa shape index (κ3) is 4.72. The summed E-state index contributed by atoms with van der Waals surface area (Å²) in [6, 6.07) is 11.1. The zero-order valence-electron chi connectivity index (χ0n) is 12.0. The van der Waals surface area contributed by atoms with Crippen LogP contribution in [0.2, 0.25) is 5.02 Å². The molecule has 0 aliphatic heterocycles. The van der Waals surface area contributed by atoms with Crippen molar-refractivity contribution in [1.29, 1.82) is 0 Å². The van der Waals surface area contributed by atoms with Gasteiger partial charge in [-0.05, 0) is 35.9 Å². The first-order chi connectivity index (χ1) is 10.6. The first kappa shape index (κ1) is 16.3. The van der Waals surface area contributed by atoms with E-state index in [1.54, 1.807) is 30.3 Å². The van der Waals surface area contributed by atoms with Gasteiger partial charge >= 0.3 is 0 Å². The predicted molar refractivity (Wildman–Crippen MR) is 84.7 cm³/mol. The number of nitrogens with one attached hydrogen (secondary N) is 2. The fraction of sp³-hybridized carbons (Fsp3) is 0.188. The van der Waals surface area contributed by atoms with Crippen LogP contribution in [0.5, 0.6) is 5.75 Å². The minimum absolute atomic E-state index is 0.118. The predicted octanol–water partition coefficient (Wildman–Crippen LogP) is 3.22. The quantitative estimate of drug-likeness (QED) is 0.858. The Labute approximate surface area is 133 Å². The third-order valence-corrected chi connectivity index (χ3v) is 3.20. The van der Waals surface area contributed by atoms with Crippen molar-refractivity contribution in [2.24, 2.45) is 0 Å². The summed E-state index contributed by atoms with van der Waals surface area (Å²) in [4.78, 5) is 11.9. The first-order valence-electron chi connectivity index (χ1n) is 6.67. The Bertz CT molecular complexity index is 647. The van der Waals surface area contributed by atoms with Crippen molar-refractivity contribution in [2.75, 3.05) is 19.0 Å². The van der Waals surface area contributed by atoms with E-state index in [2.05, 4.69) is 10.6 Å². The van der Waals surface area contributed by atoms with Crippen LogP contribution in [0.4, 0.5) is 10.1 Å². The van der Waals surface area contributed by atoms with Gasteiger partial charge in [0, 0.05) is 11.6 Å². The lowest BCUT2D eigenvalue weighted by atomic mass is 10.2. The Balaban J connectivity index is 1.85. The van der Waals surface area contributed by atoms with Gasteiger partial charge in [0.2, 0.25) is 5.91 Å². The molecule has 22 heavy (non-hydrogen) atoms. The molecule has 0 heterocycles. The average Bonchev–Trinajstić information content (AvgIpc) is 2.49. The normalized spacial score (nSPS) is 10.3. The summed E-state index contributed by atoms with van der Waals surface area (Å²) in [5.74, 6) is 0.0357. The highest BCUT2D eigenvalue weighted by molar-refractivity contribution is 6.31. The van der Waals surface area contributed by atoms with E-state index in [9.17, 15) is 9.18 Å². The average molecular weight is 323 g/mol. The van der Waals surface area contributed by atoms with Gasteiger partial charge in [-0.3, -0.25) is 4.79 Å². The fourth-order valence-electron chi connectivity index (χ4n) is 1.89. The molecule has 0 radical (unpaired) electrons. The van der Waals surface area contributed by atoms with Crippen molar-refractivity contribution < 1.29 is 13.9 Å². The minimum atomic E-state index is -0.283. The Hall–Kier alpha value is -2.11. The highest BCUT2D eigenvalue weighted by atomic mass is 35.5. The highest BCUT2D eigenvalue weighted by Gasteiger charge is 2.08. The molecule has 0 spiro atoms. The second-order valence-corrected chi connectivity index (χ2v) is 5.06. The Kier molecular flexibility index (Phi) is 5.75. The molecule has 1 amide bonds. The van der Waals surface area contributed by atoms with E-state index >= 15 is 0 Å². The van der Waals surface area contributed by atoms with Gasteiger partial charge in [0.25, 0.3) is 0 Å². The number of amides is 1. The number of carbonyl (C=O) groups excluding carboxylic acids is 1. The number of ether oxygens (including phenoxy) is 1. The van der Waals surface area contributed by atoms with Gasteiger partial charge in [-0.2, -0.15) is 0 Å². The zero-order valence-corrected chi connectivity index (χ0v) is 12.8. The summed E-state index contributed by atoms with van der Waals surface area (Å²) >= 11 is 5.90. The molecule has 0 saturated carbocycles. The van der Waals surface area contributed by atoms with Gasteiger partial charge in [-0.25, -0.2) is 4.39 Å². The number of halogens is 2. The van der Waals surface area contributed by atoms with Crippen LogP contribution < -0.4 is 15.4 Å². The van der Waals surface area contributed by atoms with Crippen LogP contribution in [0, 0.1) is 5.82 Å². The molecule has 2 aromatic rings. The van der Waals surface area contributed by atoms with Crippen LogP contribution in [0.1, 0.15) is 5.56 Å². The van der Waals surface area contributed by atoms with Gasteiger partial charge in [-0.1, -0.05) is 23.7 Å². The monoisotopic (exact) mass is 322 g/mol. The van der Waals surface area contributed by atoms with E-state index in [0.717, 1.165) is 5.56 Å². The molecule has 2 aromatic carbocycles. The maximum Gasteiger partial charge on any atom is 0.238 e. The Morgan fingerprint density at radius 3 is 2.64 bits per heavy atom. The van der Waals surface area contributed by atoms with E-state index in [0.29, 0.717) is 23.0 Å². The first-order valence-corrected chi connectivity index (χ1v) is 7.05. The molecule has 6 heteroatoms. The number of hydrogen-bond donors (Lipinski definition) is 2. The number of methoxy groups -OCH3 is 1. The van der Waals surface area contributed by atoms with E-state index in [1.807, 2.05) is 0 Å². The van der Waals surface area contributed by atoms with Crippen molar-refractivity contribution in [1.82, 2.24) is 5.32 Å². The molecule has 0 saturated heterocycles. The van der Waals surface area contributed by atoms with Gasteiger partial charge in [0.1, 0.15) is 11.6 Å². The van der Waals surface area contributed by atoms with Crippen LogP contribution >= 0.6 is 11.6 Å². The lowest BCUT2D eigenvalue weighted by Gasteiger charge is -2.11. The molecule has 116 valence electrons. The minimum Gasteiger partial charge on any atom is -0.495 e. The Morgan fingerprint density at radius 1 is 1.23 bits per heavy atom. The smallest absolute Gasteiger partial charge is 0.238 e. The molecule has 0 aliphatic carbocycles. The Morgan fingerprint density at radius 2 is 1.95 bits per heavy atom. The van der Waals surface area contributed by atoms with Crippen LogP contribution in [-0.2, 0) is 11.3 Å². The molecule has 0 aliphatic rings. The van der Waals surface area contributed by atoms with Crippen molar-refractivity contribution in [3.8, 4) is 5.75 Å². The SMILES string of the molecule is COc1ccc(Cl)cc1NC(=O)CNCc1ccc(F)cc1. The summed E-state index contributed by atoms with van der Waals surface area (Å²) in [5.41, 5.74) is 1.41. The molecule has 0 unspecified atom stereocenters. The summed E-state index contributed by atoms with van der Waals surface area (Å²) in [6.07, 6.45) is 0. The van der Waals surface area contributed by atoms with Crippen molar-refractivity contribution in [3.05, 3.63) is 58.9 Å². The largest absolute Gasteiger partial charge is 0.495 e. The van der Waals surface area contributed by atoms with E-state index in [-0.39, 0.29) is 18.3 Å². The molecular formula is C16H16ClFN2O2. The molecule has 4 nitrogen and oxygen atoms in total. The summed E-state index contributed by atoms with van der Waals surface area (Å²) in [6.45, 7) is 0.591. The number of rotatable bonds is 6. The number of benzene rings is 2. The van der Waals surface area contributed by atoms with Crippen LogP contribution in [0.25, 0.3) is 0 Å². The molecule has 0 aromatic heterocycles. The third-order valence-electron chi connectivity index (χ3n) is 2.96. The second kappa shape index (κ2) is 7.77. The van der Waals surface area contributed by atoms with Gasteiger partial charge in [-0.15, -0.1) is 0 Å². The summed E-state index contributed by atoms with van der Waals surface area (Å²) in [5, 5.41) is 6.22. The van der Waals surface area contributed by atoms with E-state index in [4.69, 9.17) is 16.3 Å². The molecule has 0 atom stereocenters. The molecular weight excluding hydrogens is 307 g/mol. The summed E-state index contributed by atoms with van der Waals surface area (Å²) < 4.78 is 17.9. The maximum absolute atomic E-state index is 12.8. The lowest BCUT2D eigenvalue weighted by molar-refractivity contribution is -0.115. The van der Waals surface area contributed by atoms with Crippen LogP contribution in [0.15, 0.2) is 42.5 Å². The number of carbonyl (C=O) groups is 1. The number of hydrogen-bond acceptors (Lipinski definition) is 3. The van der Waals surface area contributed by atoms with Crippen molar-refractivity contribution >= 4 is 23.2 Å². The maximum atomic E-state index is 12.8. The van der Waals surface area contributed by atoms with Crippen molar-refractivity contribution in [3.63, 3.8) is 0 Å². The number of anilines is 1. The molecule has 2 rings (SSSR count). The van der Waals surface area contributed by atoms with Crippen molar-refractivity contribution in [2.45, 2.75) is 6.54 Å². The fourth-order valence-corrected chi connectivity index (χ4v) is 2.07.